The lowest BCUT2D eigenvalue weighted by molar-refractivity contribution is -0.384. The minimum atomic E-state index is -0.439. The van der Waals surface area contributed by atoms with Gasteiger partial charge in [0.05, 0.1) is 11.0 Å². The molecule has 1 N–H and O–H groups in total. The Kier molecular flexibility index (Phi) is 5.00. The molecule has 110 valence electrons. The van der Waals surface area contributed by atoms with E-state index in [1.165, 1.54) is 12.1 Å². The largest absolute Gasteiger partial charge is 0.457 e. The standard InChI is InChI=1S/C15H15ClN2O3/c1-2-7-17-12-8-13(18(19)20)10-15(9-12)21-14-5-3-11(16)4-6-14/h3-6,8-10,17H,2,7H2,1H3. The molecule has 0 aromatic heterocycles. The lowest BCUT2D eigenvalue weighted by atomic mass is 10.2. The lowest BCUT2D eigenvalue weighted by Crippen LogP contribution is -2.01. The number of non-ortho nitro benzene ring substituents is 1. The number of nitro groups is 1. The van der Waals surface area contributed by atoms with Crippen LogP contribution in [0.1, 0.15) is 13.3 Å². The summed E-state index contributed by atoms with van der Waals surface area (Å²) < 4.78 is 5.64. The molecule has 2 aromatic carbocycles. The molecule has 0 radical (unpaired) electrons. The average Bonchev–Trinajstić information content (AvgIpc) is 2.47. The quantitative estimate of drug-likeness (QED) is 0.611. The molecule has 0 aliphatic heterocycles. The predicted octanol–water partition coefficient (Wildman–Crippen LogP) is 4.86. The molecule has 0 spiro atoms. The highest BCUT2D eigenvalue weighted by Gasteiger charge is 2.11. The first kappa shape index (κ1) is 15.1. The Morgan fingerprint density at radius 3 is 2.52 bits per heavy atom. The van der Waals surface area contributed by atoms with E-state index in [0.717, 1.165) is 13.0 Å². The van der Waals surface area contributed by atoms with Crippen LogP contribution >= 0.6 is 11.6 Å². The maximum Gasteiger partial charge on any atom is 0.275 e. The molecule has 0 amide bonds. The smallest absolute Gasteiger partial charge is 0.275 e. The van der Waals surface area contributed by atoms with E-state index in [0.29, 0.717) is 22.2 Å². The Labute approximate surface area is 127 Å². The zero-order valence-corrected chi connectivity index (χ0v) is 12.3. The van der Waals surface area contributed by atoms with Gasteiger partial charge in [0.1, 0.15) is 11.5 Å². The Morgan fingerprint density at radius 2 is 1.90 bits per heavy atom. The molecule has 0 saturated carbocycles. The molecular weight excluding hydrogens is 292 g/mol. The molecule has 0 heterocycles. The number of nitrogens with zero attached hydrogens (tertiary/aromatic N) is 1. The van der Waals surface area contributed by atoms with Gasteiger partial charge in [-0.1, -0.05) is 18.5 Å². The van der Waals surface area contributed by atoms with E-state index in [-0.39, 0.29) is 5.69 Å². The number of ether oxygens (including phenoxy) is 1. The van der Waals surface area contributed by atoms with Gasteiger partial charge in [0.25, 0.3) is 5.69 Å². The van der Waals surface area contributed by atoms with Crippen molar-refractivity contribution in [2.24, 2.45) is 0 Å². The van der Waals surface area contributed by atoms with E-state index in [2.05, 4.69) is 5.32 Å². The number of anilines is 1. The van der Waals surface area contributed by atoms with Gasteiger partial charge in [-0.15, -0.1) is 0 Å². The van der Waals surface area contributed by atoms with Crippen molar-refractivity contribution in [3.63, 3.8) is 0 Å². The molecule has 0 atom stereocenters. The van der Waals surface area contributed by atoms with E-state index in [1.54, 1.807) is 30.3 Å². The molecule has 0 unspecified atom stereocenters. The molecular formula is C15H15ClN2O3. The van der Waals surface area contributed by atoms with Crippen LogP contribution in [0, 0.1) is 10.1 Å². The van der Waals surface area contributed by atoms with Gasteiger partial charge in [-0.25, -0.2) is 0 Å². The number of hydrogen-bond donors (Lipinski definition) is 1. The minimum absolute atomic E-state index is 0.0138. The van der Waals surface area contributed by atoms with Crippen LogP contribution in [-0.2, 0) is 0 Å². The molecule has 0 saturated heterocycles. The molecule has 21 heavy (non-hydrogen) atoms. The first-order chi connectivity index (χ1) is 10.1. The first-order valence-corrected chi connectivity index (χ1v) is 6.93. The van der Waals surface area contributed by atoms with Crippen molar-refractivity contribution in [2.75, 3.05) is 11.9 Å². The topological polar surface area (TPSA) is 64.4 Å². The summed E-state index contributed by atoms with van der Waals surface area (Å²) in [5, 5.41) is 14.7. The fraction of sp³-hybridized carbons (Fsp3) is 0.200. The number of hydrogen-bond acceptors (Lipinski definition) is 4. The summed E-state index contributed by atoms with van der Waals surface area (Å²) in [6, 6.07) is 11.4. The van der Waals surface area contributed by atoms with Crippen molar-refractivity contribution in [3.05, 3.63) is 57.6 Å². The van der Waals surface area contributed by atoms with Gasteiger partial charge in [-0.2, -0.15) is 0 Å². The van der Waals surface area contributed by atoms with Crippen molar-refractivity contribution < 1.29 is 9.66 Å². The highest BCUT2D eigenvalue weighted by atomic mass is 35.5. The molecule has 0 fully saturated rings. The van der Waals surface area contributed by atoms with Gasteiger partial charge in [-0.3, -0.25) is 10.1 Å². The van der Waals surface area contributed by atoms with Crippen molar-refractivity contribution in [2.45, 2.75) is 13.3 Å². The Morgan fingerprint density at radius 1 is 1.19 bits per heavy atom. The maximum atomic E-state index is 11.0. The monoisotopic (exact) mass is 306 g/mol. The Balaban J connectivity index is 2.26. The minimum Gasteiger partial charge on any atom is -0.457 e. The Bertz CT molecular complexity index is 629. The third-order valence-electron chi connectivity index (χ3n) is 2.73. The number of halogens is 1. The summed E-state index contributed by atoms with van der Waals surface area (Å²) in [6.45, 7) is 2.76. The SMILES string of the molecule is CCCNc1cc(Oc2ccc(Cl)cc2)cc([N+](=O)[O-])c1. The van der Waals surface area contributed by atoms with E-state index in [9.17, 15) is 10.1 Å². The summed E-state index contributed by atoms with van der Waals surface area (Å²) >= 11 is 5.81. The molecule has 5 nitrogen and oxygen atoms in total. The molecule has 2 aromatic rings. The zero-order chi connectivity index (χ0) is 15.2. The van der Waals surface area contributed by atoms with Crippen LogP contribution in [0.5, 0.6) is 11.5 Å². The van der Waals surface area contributed by atoms with E-state index >= 15 is 0 Å². The fourth-order valence-electron chi connectivity index (χ4n) is 1.76. The van der Waals surface area contributed by atoms with Crippen LogP contribution in [0.2, 0.25) is 5.02 Å². The molecule has 2 rings (SSSR count). The third kappa shape index (κ3) is 4.36. The first-order valence-electron chi connectivity index (χ1n) is 6.55. The third-order valence-corrected chi connectivity index (χ3v) is 2.98. The molecule has 0 aliphatic carbocycles. The van der Waals surface area contributed by atoms with Crippen LogP contribution in [0.3, 0.4) is 0 Å². The summed E-state index contributed by atoms with van der Waals surface area (Å²) in [4.78, 5) is 10.5. The van der Waals surface area contributed by atoms with E-state index in [1.807, 2.05) is 6.92 Å². The van der Waals surface area contributed by atoms with Gasteiger partial charge in [-0.05, 0) is 30.7 Å². The highest BCUT2D eigenvalue weighted by Crippen LogP contribution is 2.30. The second-order valence-corrected chi connectivity index (χ2v) is 4.89. The van der Waals surface area contributed by atoms with Gasteiger partial charge >= 0.3 is 0 Å². The van der Waals surface area contributed by atoms with Crippen molar-refractivity contribution >= 4 is 23.0 Å². The summed E-state index contributed by atoms with van der Waals surface area (Å²) in [5.74, 6) is 0.978. The van der Waals surface area contributed by atoms with Crippen LogP contribution < -0.4 is 10.1 Å². The number of nitro benzene ring substituents is 1. The summed E-state index contributed by atoms with van der Waals surface area (Å²) in [6.07, 6.45) is 0.927. The lowest BCUT2D eigenvalue weighted by Gasteiger charge is -2.09. The van der Waals surface area contributed by atoms with Crippen LogP contribution in [0.15, 0.2) is 42.5 Å². The molecule has 6 heteroatoms. The number of rotatable bonds is 6. The van der Waals surface area contributed by atoms with Gasteiger partial charge in [0.2, 0.25) is 0 Å². The van der Waals surface area contributed by atoms with Gasteiger partial charge < -0.3 is 10.1 Å². The zero-order valence-electron chi connectivity index (χ0n) is 11.5. The summed E-state index contributed by atoms with van der Waals surface area (Å²) in [5.41, 5.74) is 0.648. The van der Waals surface area contributed by atoms with E-state index < -0.39 is 4.92 Å². The Hall–Kier alpha value is -2.27. The second kappa shape index (κ2) is 6.95. The highest BCUT2D eigenvalue weighted by molar-refractivity contribution is 6.30. The van der Waals surface area contributed by atoms with E-state index in [4.69, 9.17) is 16.3 Å². The van der Waals surface area contributed by atoms with Gasteiger partial charge in [0, 0.05) is 29.4 Å². The van der Waals surface area contributed by atoms with Crippen molar-refractivity contribution in [3.8, 4) is 11.5 Å². The van der Waals surface area contributed by atoms with Gasteiger partial charge in [0.15, 0.2) is 0 Å². The molecule has 0 bridgehead atoms. The second-order valence-electron chi connectivity index (χ2n) is 4.46. The predicted molar refractivity (Wildman–Crippen MR) is 83.4 cm³/mol. The van der Waals surface area contributed by atoms with Crippen LogP contribution in [0.25, 0.3) is 0 Å². The number of benzene rings is 2. The fourth-order valence-corrected chi connectivity index (χ4v) is 1.88. The van der Waals surface area contributed by atoms with Crippen LogP contribution in [0.4, 0.5) is 11.4 Å². The van der Waals surface area contributed by atoms with Crippen molar-refractivity contribution in [1.29, 1.82) is 0 Å². The average molecular weight is 307 g/mol. The molecule has 0 aliphatic rings. The maximum absolute atomic E-state index is 11.0. The van der Waals surface area contributed by atoms with Crippen LogP contribution in [-0.4, -0.2) is 11.5 Å². The summed E-state index contributed by atoms with van der Waals surface area (Å²) in [7, 11) is 0. The number of nitrogens with one attached hydrogen (secondary N) is 1. The normalized spacial score (nSPS) is 10.2. The van der Waals surface area contributed by atoms with Crippen molar-refractivity contribution in [1.82, 2.24) is 0 Å².